The van der Waals surface area contributed by atoms with Crippen molar-refractivity contribution in [2.75, 3.05) is 11.9 Å². The Morgan fingerprint density at radius 1 is 1.16 bits per heavy atom. The number of hydrogen-bond donors (Lipinski definition) is 1. The summed E-state index contributed by atoms with van der Waals surface area (Å²) >= 11 is 0. The maximum atomic E-state index is 12.2. The van der Waals surface area contributed by atoms with E-state index in [1.54, 1.807) is 17.0 Å². The first-order valence-electron chi connectivity index (χ1n) is 7.15. The van der Waals surface area contributed by atoms with Crippen LogP contribution >= 0.6 is 0 Å². The van der Waals surface area contributed by atoms with Gasteiger partial charge < -0.3 is 9.88 Å². The van der Waals surface area contributed by atoms with Gasteiger partial charge in [0.05, 0.1) is 0 Å². The highest BCUT2D eigenvalue weighted by atomic mass is 16.1. The topological polar surface area (TPSA) is 46.9 Å². The summed E-state index contributed by atoms with van der Waals surface area (Å²) in [7, 11) is 0. The third-order valence-electron chi connectivity index (χ3n) is 3.64. The molecule has 0 saturated heterocycles. The van der Waals surface area contributed by atoms with E-state index in [1.165, 1.54) is 0 Å². The second-order valence-corrected chi connectivity index (χ2v) is 6.11. The molecule has 0 aliphatic carbocycles. The van der Waals surface area contributed by atoms with Gasteiger partial charge in [-0.15, -0.1) is 0 Å². The zero-order valence-electron chi connectivity index (χ0n) is 13.0. The molecular weight excluding hydrogens is 238 g/mol. The van der Waals surface area contributed by atoms with E-state index >= 15 is 0 Å². The largest absolute Gasteiger partial charge is 0.365 e. The van der Waals surface area contributed by atoms with Crippen molar-refractivity contribution in [3.63, 3.8) is 0 Å². The predicted molar refractivity (Wildman–Crippen MR) is 80.5 cm³/mol. The molecule has 0 bridgehead atoms. The van der Waals surface area contributed by atoms with Crippen molar-refractivity contribution in [1.82, 2.24) is 9.55 Å². The maximum Gasteiger partial charge on any atom is 0.293 e. The minimum Gasteiger partial charge on any atom is -0.365 e. The first-order chi connectivity index (χ1) is 8.84. The van der Waals surface area contributed by atoms with Crippen LogP contribution in [0.4, 0.5) is 5.82 Å². The molecule has 0 spiro atoms. The predicted octanol–water partition coefficient (Wildman–Crippen LogP) is 3.16. The normalized spacial score (nSPS) is 11.9. The van der Waals surface area contributed by atoms with Crippen LogP contribution in [0.5, 0.6) is 0 Å². The molecule has 0 unspecified atom stereocenters. The summed E-state index contributed by atoms with van der Waals surface area (Å²) in [5.74, 6) is 2.17. The van der Waals surface area contributed by atoms with E-state index in [0.717, 1.165) is 6.54 Å². The molecular formula is C15H27N3O. The summed E-state index contributed by atoms with van der Waals surface area (Å²) in [5, 5.41) is 3.23. The van der Waals surface area contributed by atoms with Crippen LogP contribution in [0.2, 0.25) is 0 Å². The molecule has 0 aliphatic rings. The molecule has 0 fully saturated rings. The Hall–Kier alpha value is -1.32. The Labute approximate surface area is 116 Å². The van der Waals surface area contributed by atoms with Gasteiger partial charge in [0.15, 0.2) is 5.82 Å². The van der Waals surface area contributed by atoms with Crippen LogP contribution in [-0.4, -0.2) is 16.1 Å². The molecule has 0 aromatic carbocycles. The van der Waals surface area contributed by atoms with E-state index in [2.05, 4.69) is 38.0 Å². The Bertz CT molecular complexity index is 441. The molecule has 1 N–H and O–H groups in total. The van der Waals surface area contributed by atoms with Crippen LogP contribution in [-0.2, 0) is 0 Å². The fraction of sp³-hybridized carbons (Fsp3) is 0.733. The number of aromatic nitrogens is 2. The molecule has 1 aromatic heterocycles. The molecule has 0 atom stereocenters. The molecule has 1 heterocycles. The van der Waals surface area contributed by atoms with Crippen molar-refractivity contribution >= 4 is 5.82 Å². The molecule has 0 amide bonds. The Morgan fingerprint density at radius 3 is 2.21 bits per heavy atom. The minimum atomic E-state index is -0.0382. The van der Waals surface area contributed by atoms with E-state index < -0.39 is 0 Å². The van der Waals surface area contributed by atoms with Crippen LogP contribution in [0.15, 0.2) is 17.2 Å². The van der Waals surface area contributed by atoms with Crippen molar-refractivity contribution < 1.29 is 0 Å². The highest BCUT2D eigenvalue weighted by Gasteiger charge is 2.18. The van der Waals surface area contributed by atoms with E-state index in [0.29, 0.717) is 23.6 Å². The van der Waals surface area contributed by atoms with Gasteiger partial charge in [-0.3, -0.25) is 4.79 Å². The van der Waals surface area contributed by atoms with E-state index in [4.69, 9.17) is 0 Å². The zero-order valence-corrected chi connectivity index (χ0v) is 13.0. The summed E-state index contributed by atoms with van der Waals surface area (Å²) in [5.41, 5.74) is -0.0382. The maximum absolute atomic E-state index is 12.2. The first-order valence-corrected chi connectivity index (χ1v) is 7.15. The third kappa shape index (κ3) is 4.08. The molecule has 0 radical (unpaired) electrons. The third-order valence-corrected chi connectivity index (χ3v) is 3.64. The quantitative estimate of drug-likeness (QED) is 0.859. The summed E-state index contributed by atoms with van der Waals surface area (Å²) in [6.45, 7) is 13.7. The van der Waals surface area contributed by atoms with E-state index in [9.17, 15) is 4.79 Å². The standard InChI is InChI=1S/C15H27N3O/c1-10(2)13(11(3)4)9-17-14-15(19)18(12(5)6)8-7-16-14/h7-8,10-13H,9H2,1-6H3,(H,16,17). The number of nitrogens with zero attached hydrogens (tertiary/aromatic N) is 2. The average molecular weight is 265 g/mol. The lowest BCUT2D eigenvalue weighted by atomic mass is 9.85. The van der Waals surface area contributed by atoms with Crippen LogP contribution in [0.1, 0.15) is 47.6 Å². The van der Waals surface area contributed by atoms with Crippen molar-refractivity contribution in [1.29, 1.82) is 0 Å². The summed E-state index contributed by atoms with van der Waals surface area (Å²) in [6, 6.07) is 0.155. The molecule has 1 rings (SSSR count). The highest BCUT2D eigenvalue weighted by Crippen LogP contribution is 2.20. The van der Waals surface area contributed by atoms with Gasteiger partial charge in [0.2, 0.25) is 0 Å². The summed E-state index contributed by atoms with van der Waals surface area (Å²) < 4.78 is 1.70. The lowest BCUT2D eigenvalue weighted by Gasteiger charge is -2.25. The molecule has 108 valence electrons. The van der Waals surface area contributed by atoms with Gasteiger partial charge in [-0.1, -0.05) is 27.7 Å². The van der Waals surface area contributed by atoms with Gasteiger partial charge in [-0.05, 0) is 31.6 Å². The zero-order chi connectivity index (χ0) is 14.6. The summed E-state index contributed by atoms with van der Waals surface area (Å²) in [4.78, 5) is 16.4. The smallest absolute Gasteiger partial charge is 0.293 e. The Balaban J connectivity index is 2.83. The van der Waals surface area contributed by atoms with Crippen molar-refractivity contribution in [2.24, 2.45) is 17.8 Å². The van der Waals surface area contributed by atoms with Crippen LogP contribution < -0.4 is 10.9 Å². The van der Waals surface area contributed by atoms with Gasteiger partial charge >= 0.3 is 0 Å². The van der Waals surface area contributed by atoms with E-state index in [-0.39, 0.29) is 11.6 Å². The Morgan fingerprint density at radius 2 is 1.74 bits per heavy atom. The second kappa shape index (κ2) is 6.73. The van der Waals surface area contributed by atoms with Crippen LogP contribution in [0, 0.1) is 17.8 Å². The Kier molecular flexibility index (Phi) is 5.58. The fourth-order valence-electron chi connectivity index (χ4n) is 2.41. The number of nitrogens with one attached hydrogen (secondary N) is 1. The minimum absolute atomic E-state index is 0.0382. The first kappa shape index (κ1) is 15.7. The molecule has 4 nitrogen and oxygen atoms in total. The lowest BCUT2D eigenvalue weighted by Crippen LogP contribution is -2.30. The molecule has 1 aromatic rings. The van der Waals surface area contributed by atoms with Crippen molar-refractivity contribution in [3.8, 4) is 0 Å². The van der Waals surface area contributed by atoms with Crippen molar-refractivity contribution in [3.05, 3.63) is 22.7 Å². The monoisotopic (exact) mass is 265 g/mol. The number of hydrogen-bond acceptors (Lipinski definition) is 3. The molecule has 0 saturated carbocycles. The van der Waals surface area contributed by atoms with Gasteiger partial charge in [0.1, 0.15) is 0 Å². The van der Waals surface area contributed by atoms with Gasteiger partial charge in [0.25, 0.3) is 5.56 Å². The number of rotatable bonds is 6. The summed E-state index contributed by atoms with van der Waals surface area (Å²) in [6.07, 6.45) is 3.42. The fourth-order valence-corrected chi connectivity index (χ4v) is 2.41. The highest BCUT2D eigenvalue weighted by molar-refractivity contribution is 5.31. The number of anilines is 1. The van der Waals surface area contributed by atoms with Crippen LogP contribution in [0.3, 0.4) is 0 Å². The lowest BCUT2D eigenvalue weighted by molar-refractivity contribution is 0.304. The molecule has 4 heteroatoms. The van der Waals surface area contributed by atoms with Gasteiger partial charge in [-0.2, -0.15) is 0 Å². The molecule has 0 aliphatic heterocycles. The van der Waals surface area contributed by atoms with Crippen molar-refractivity contribution in [2.45, 2.75) is 47.6 Å². The van der Waals surface area contributed by atoms with E-state index in [1.807, 2.05) is 13.8 Å². The average Bonchev–Trinajstić information content (AvgIpc) is 2.30. The SMILES string of the molecule is CC(C)C(CNc1nccn(C(C)C)c1=O)C(C)C. The van der Waals surface area contributed by atoms with Crippen LogP contribution in [0.25, 0.3) is 0 Å². The molecule has 19 heavy (non-hydrogen) atoms. The van der Waals surface area contributed by atoms with Gasteiger partial charge in [-0.25, -0.2) is 4.98 Å². The van der Waals surface area contributed by atoms with Gasteiger partial charge in [0, 0.05) is 25.0 Å². The second-order valence-electron chi connectivity index (χ2n) is 6.11.